The Kier molecular flexibility index (Phi) is 5.82. The van der Waals surface area contributed by atoms with E-state index in [0.29, 0.717) is 0 Å². The number of hydrogen-bond donors (Lipinski definition) is 2. The molecule has 13 heavy (non-hydrogen) atoms. The normalized spacial score (nSPS) is 14.9. The van der Waals surface area contributed by atoms with Gasteiger partial charge in [0.05, 0.1) is 12.8 Å². The van der Waals surface area contributed by atoms with Gasteiger partial charge in [0.25, 0.3) is 0 Å². The molecule has 4 nitrogen and oxygen atoms in total. The number of carbonyl (C=O) groups is 2. The van der Waals surface area contributed by atoms with E-state index in [1.165, 1.54) is 0 Å². The van der Waals surface area contributed by atoms with Crippen molar-refractivity contribution in [1.82, 2.24) is 0 Å². The highest BCUT2D eigenvalue weighted by atomic mass is 35.5. The van der Waals surface area contributed by atoms with E-state index in [2.05, 4.69) is 0 Å². The van der Waals surface area contributed by atoms with Crippen molar-refractivity contribution < 1.29 is 19.8 Å². The summed E-state index contributed by atoms with van der Waals surface area (Å²) in [4.78, 5) is 20.3. The Hall–Kier alpha value is -0.480. The molecule has 0 saturated heterocycles. The molecule has 6 heteroatoms. The monoisotopic (exact) mass is 228 g/mol. The van der Waals surface area contributed by atoms with Crippen LogP contribution in [-0.2, 0) is 9.59 Å². The van der Waals surface area contributed by atoms with Crippen molar-refractivity contribution >= 4 is 35.1 Å². The highest BCUT2D eigenvalue weighted by Gasteiger charge is 2.17. The Labute approximate surface area is 85.4 Å². The van der Waals surface area contributed by atoms with E-state index in [9.17, 15) is 9.59 Å². The van der Waals surface area contributed by atoms with Gasteiger partial charge in [-0.3, -0.25) is 9.59 Å². The Bertz CT molecular complexity index is 175. The Morgan fingerprint density at radius 3 is 1.54 bits per heavy atom. The van der Waals surface area contributed by atoms with Crippen molar-refractivity contribution in [3.8, 4) is 0 Å². The quantitative estimate of drug-likeness (QED) is 0.677. The van der Waals surface area contributed by atoms with E-state index in [1.54, 1.807) is 0 Å². The zero-order valence-electron chi connectivity index (χ0n) is 6.74. The fourth-order valence-corrected chi connectivity index (χ4v) is 1.61. The van der Waals surface area contributed by atoms with Gasteiger partial charge in [0.15, 0.2) is 0 Å². The van der Waals surface area contributed by atoms with Crippen molar-refractivity contribution in [1.29, 1.82) is 0 Å². The minimum Gasteiger partial charge on any atom is -0.481 e. The maximum atomic E-state index is 10.2. The molecule has 0 aromatic heterocycles. The van der Waals surface area contributed by atoms with Gasteiger partial charge < -0.3 is 10.2 Å². The van der Waals surface area contributed by atoms with Crippen LogP contribution in [0.3, 0.4) is 0 Å². The van der Waals surface area contributed by atoms with E-state index in [1.807, 2.05) is 0 Å². The number of hydrogen-bond acceptors (Lipinski definition) is 2. The summed E-state index contributed by atoms with van der Waals surface area (Å²) in [6, 6.07) is 0. The SMILES string of the molecule is O=C(O)CC(Cl)CC(Cl)CC(=O)O. The van der Waals surface area contributed by atoms with Crippen molar-refractivity contribution in [3.05, 3.63) is 0 Å². The summed E-state index contributed by atoms with van der Waals surface area (Å²) in [6.45, 7) is 0. The molecule has 0 saturated carbocycles. The van der Waals surface area contributed by atoms with Crippen molar-refractivity contribution in [2.24, 2.45) is 0 Å². The lowest BCUT2D eigenvalue weighted by molar-refractivity contribution is -0.137. The van der Waals surface area contributed by atoms with Crippen LogP contribution < -0.4 is 0 Å². The Morgan fingerprint density at radius 2 is 1.31 bits per heavy atom. The van der Waals surface area contributed by atoms with Crippen LogP contribution in [0.25, 0.3) is 0 Å². The third-order valence-corrected chi connectivity index (χ3v) is 1.97. The number of aliphatic carboxylic acids is 2. The molecular weight excluding hydrogens is 219 g/mol. The van der Waals surface area contributed by atoms with Crippen LogP contribution in [0.2, 0.25) is 0 Å². The standard InChI is InChI=1S/C7H10Cl2O4/c8-4(2-6(10)11)1-5(9)3-7(12)13/h4-5H,1-3H2,(H,10,11)(H,12,13). The second-order valence-electron chi connectivity index (χ2n) is 2.63. The topological polar surface area (TPSA) is 74.6 Å². The van der Waals surface area contributed by atoms with Crippen LogP contribution in [0.4, 0.5) is 0 Å². The van der Waals surface area contributed by atoms with Gasteiger partial charge in [0.1, 0.15) is 0 Å². The fourth-order valence-electron chi connectivity index (χ4n) is 0.823. The van der Waals surface area contributed by atoms with Crippen LogP contribution in [0.15, 0.2) is 0 Å². The number of carboxylic acid groups (broad SMARTS) is 2. The summed E-state index contributed by atoms with van der Waals surface area (Å²) in [5.41, 5.74) is 0. The molecule has 2 atom stereocenters. The number of rotatable bonds is 6. The molecule has 0 amide bonds. The lowest BCUT2D eigenvalue weighted by Gasteiger charge is -2.09. The van der Waals surface area contributed by atoms with Crippen LogP contribution in [0.5, 0.6) is 0 Å². The molecule has 0 spiro atoms. The lowest BCUT2D eigenvalue weighted by Crippen LogP contribution is -2.15. The molecule has 76 valence electrons. The zero-order valence-corrected chi connectivity index (χ0v) is 8.25. The molecule has 0 heterocycles. The number of halogens is 2. The molecule has 0 radical (unpaired) electrons. The molecule has 2 N–H and O–H groups in total. The molecule has 2 unspecified atom stereocenters. The van der Waals surface area contributed by atoms with Crippen molar-refractivity contribution in [2.45, 2.75) is 30.0 Å². The van der Waals surface area contributed by atoms with Gasteiger partial charge >= 0.3 is 11.9 Å². The van der Waals surface area contributed by atoms with Gasteiger partial charge in [-0.25, -0.2) is 0 Å². The van der Waals surface area contributed by atoms with Crippen LogP contribution in [-0.4, -0.2) is 32.9 Å². The van der Waals surface area contributed by atoms with E-state index in [0.717, 1.165) is 0 Å². The smallest absolute Gasteiger partial charge is 0.304 e. The van der Waals surface area contributed by atoms with Gasteiger partial charge in [0, 0.05) is 10.8 Å². The summed E-state index contributed by atoms with van der Waals surface area (Å²) >= 11 is 11.2. The van der Waals surface area contributed by atoms with E-state index < -0.39 is 22.7 Å². The van der Waals surface area contributed by atoms with Crippen LogP contribution >= 0.6 is 23.2 Å². The van der Waals surface area contributed by atoms with Crippen molar-refractivity contribution in [3.63, 3.8) is 0 Å². The first-order chi connectivity index (χ1) is 5.91. The molecule has 0 aliphatic heterocycles. The first kappa shape index (κ1) is 12.5. The molecule has 0 rings (SSSR count). The number of alkyl halides is 2. The maximum Gasteiger partial charge on any atom is 0.304 e. The Balaban J connectivity index is 3.70. The first-order valence-electron chi connectivity index (χ1n) is 3.63. The van der Waals surface area contributed by atoms with Gasteiger partial charge in [-0.15, -0.1) is 23.2 Å². The Morgan fingerprint density at radius 1 is 1.00 bits per heavy atom. The molecule has 0 aliphatic rings. The summed E-state index contributed by atoms with van der Waals surface area (Å²) in [6.07, 6.45) is -0.226. The van der Waals surface area contributed by atoms with E-state index in [-0.39, 0.29) is 19.3 Å². The van der Waals surface area contributed by atoms with E-state index >= 15 is 0 Å². The largest absolute Gasteiger partial charge is 0.481 e. The second kappa shape index (κ2) is 6.05. The third-order valence-electron chi connectivity index (χ3n) is 1.30. The highest BCUT2D eigenvalue weighted by molar-refractivity contribution is 6.24. The zero-order chi connectivity index (χ0) is 10.4. The molecular formula is C7H10Cl2O4. The van der Waals surface area contributed by atoms with Crippen LogP contribution in [0, 0.1) is 0 Å². The first-order valence-corrected chi connectivity index (χ1v) is 4.50. The lowest BCUT2D eigenvalue weighted by atomic mass is 10.1. The number of carboxylic acids is 2. The average Bonchev–Trinajstić information content (AvgIpc) is 1.80. The fraction of sp³-hybridized carbons (Fsp3) is 0.714. The van der Waals surface area contributed by atoms with E-state index in [4.69, 9.17) is 33.4 Å². The highest BCUT2D eigenvalue weighted by Crippen LogP contribution is 2.16. The second-order valence-corrected chi connectivity index (χ2v) is 3.86. The predicted molar refractivity (Wildman–Crippen MR) is 48.4 cm³/mol. The van der Waals surface area contributed by atoms with Gasteiger partial charge in [-0.1, -0.05) is 0 Å². The van der Waals surface area contributed by atoms with Gasteiger partial charge in [-0.2, -0.15) is 0 Å². The van der Waals surface area contributed by atoms with Crippen molar-refractivity contribution in [2.75, 3.05) is 0 Å². The maximum absolute atomic E-state index is 10.2. The summed E-state index contributed by atoms with van der Waals surface area (Å²) in [5, 5.41) is 15.4. The minimum atomic E-state index is -1.01. The average molecular weight is 229 g/mol. The molecule has 0 aliphatic carbocycles. The molecule has 0 fully saturated rings. The summed E-state index contributed by atoms with van der Waals surface area (Å²) in [5.74, 6) is -2.03. The summed E-state index contributed by atoms with van der Waals surface area (Å²) < 4.78 is 0. The van der Waals surface area contributed by atoms with Gasteiger partial charge in [0.2, 0.25) is 0 Å². The third kappa shape index (κ3) is 7.87. The minimum absolute atomic E-state index is 0.182. The molecule has 0 aromatic rings. The summed E-state index contributed by atoms with van der Waals surface area (Å²) in [7, 11) is 0. The van der Waals surface area contributed by atoms with Gasteiger partial charge in [-0.05, 0) is 6.42 Å². The predicted octanol–water partition coefficient (Wildman–Crippen LogP) is 1.54. The molecule has 0 bridgehead atoms. The van der Waals surface area contributed by atoms with Crippen LogP contribution in [0.1, 0.15) is 19.3 Å². The molecule has 0 aromatic carbocycles.